The van der Waals surface area contributed by atoms with E-state index in [1.165, 1.54) is 0 Å². The topological polar surface area (TPSA) is 73.8 Å². The van der Waals surface area contributed by atoms with Gasteiger partial charge in [-0.25, -0.2) is 4.79 Å². The molecule has 1 aromatic heterocycles. The Morgan fingerprint density at radius 2 is 1.82 bits per heavy atom. The molecular formula is C20H26N6O2. The second-order valence-electron chi connectivity index (χ2n) is 7.15. The Bertz CT molecular complexity index is 816. The molecule has 0 unspecified atom stereocenters. The molecule has 2 aromatic rings. The number of ether oxygens (including phenoxy) is 1. The van der Waals surface area contributed by atoms with E-state index in [0.717, 1.165) is 62.1 Å². The lowest BCUT2D eigenvalue weighted by Crippen LogP contribution is -2.50. The van der Waals surface area contributed by atoms with Gasteiger partial charge in [-0.2, -0.15) is 5.10 Å². The zero-order valence-electron chi connectivity index (χ0n) is 16.2. The molecule has 2 aliphatic rings. The van der Waals surface area contributed by atoms with Gasteiger partial charge in [0.05, 0.1) is 25.1 Å². The number of rotatable bonds is 3. The van der Waals surface area contributed by atoms with Crippen molar-refractivity contribution < 1.29 is 9.53 Å². The van der Waals surface area contributed by atoms with E-state index in [2.05, 4.69) is 31.4 Å². The standard InChI is InChI=1S/C20H26N6O2/c1-16-3-2-4-17(13-16)22-20(27)26-7-5-25(6-8-26)19-14-18(15-21-23-19)24-9-11-28-12-10-24/h2-4,13-15H,5-12H2,1H3,(H,22,27). The van der Waals surface area contributed by atoms with Crippen molar-refractivity contribution >= 4 is 23.2 Å². The minimum absolute atomic E-state index is 0.0570. The zero-order valence-corrected chi connectivity index (χ0v) is 16.2. The molecule has 2 aliphatic heterocycles. The van der Waals surface area contributed by atoms with Gasteiger partial charge in [0.1, 0.15) is 0 Å². The van der Waals surface area contributed by atoms with Gasteiger partial charge in [0.2, 0.25) is 0 Å². The predicted molar refractivity (Wildman–Crippen MR) is 109 cm³/mol. The summed E-state index contributed by atoms with van der Waals surface area (Å²) in [7, 11) is 0. The normalized spacial score (nSPS) is 17.5. The summed E-state index contributed by atoms with van der Waals surface area (Å²) in [6.45, 7) is 8.03. The molecule has 1 N–H and O–H groups in total. The van der Waals surface area contributed by atoms with Crippen LogP contribution in [0.1, 0.15) is 5.56 Å². The first-order valence-electron chi connectivity index (χ1n) is 9.72. The van der Waals surface area contributed by atoms with E-state index in [-0.39, 0.29) is 6.03 Å². The first kappa shape index (κ1) is 18.5. The highest BCUT2D eigenvalue weighted by atomic mass is 16.5. The Kier molecular flexibility index (Phi) is 5.57. The average Bonchev–Trinajstić information content (AvgIpc) is 2.75. The van der Waals surface area contributed by atoms with E-state index < -0.39 is 0 Å². The average molecular weight is 382 g/mol. The van der Waals surface area contributed by atoms with Crippen LogP contribution in [0.2, 0.25) is 0 Å². The number of aromatic nitrogens is 2. The van der Waals surface area contributed by atoms with Gasteiger partial charge >= 0.3 is 6.03 Å². The lowest BCUT2D eigenvalue weighted by Gasteiger charge is -2.35. The fraction of sp³-hybridized carbons (Fsp3) is 0.450. The van der Waals surface area contributed by atoms with Crippen LogP contribution in [0.4, 0.5) is 22.0 Å². The molecular weight excluding hydrogens is 356 g/mol. The van der Waals surface area contributed by atoms with Gasteiger partial charge < -0.3 is 24.8 Å². The third-order valence-corrected chi connectivity index (χ3v) is 5.16. The number of benzene rings is 1. The van der Waals surface area contributed by atoms with Crippen LogP contribution in [0.5, 0.6) is 0 Å². The molecule has 0 saturated carbocycles. The van der Waals surface area contributed by atoms with E-state index in [9.17, 15) is 4.79 Å². The van der Waals surface area contributed by atoms with Crippen molar-refractivity contribution in [2.75, 3.05) is 67.6 Å². The second-order valence-corrected chi connectivity index (χ2v) is 7.15. The lowest BCUT2D eigenvalue weighted by molar-refractivity contribution is 0.122. The number of amides is 2. The third-order valence-electron chi connectivity index (χ3n) is 5.16. The van der Waals surface area contributed by atoms with Gasteiger partial charge in [0.25, 0.3) is 0 Å². The minimum Gasteiger partial charge on any atom is -0.378 e. The summed E-state index contributed by atoms with van der Waals surface area (Å²) in [5, 5.41) is 11.5. The summed E-state index contributed by atoms with van der Waals surface area (Å²) in [4.78, 5) is 18.8. The molecule has 0 bridgehead atoms. The van der Waals surface area contributed by atoms with Gasteiger partial charge in [-0.1, -0.05) is 12.1 Å². The summed E-state index contributed by atoms with van der Waals surface area (Å²) >= 11 is 0. The van der Waals surface area contributed by atoms with Crippen LogP contribution in [0, 0.1) is 6.92 Å². The van der Waals surface area contributed by atoms with Crippen molar-refractivity contribution in [1.29, 1.82) is 0 Å². The Labute approximate surface area is 165 Å². The zero-order chi connectivity index (χ0) is 19.3. The van der Waals surface area contributed by atoms with Gasteiger partial charge in [-0.05, 0) is 24.6 Å². The number of piperazine rings is 1. The molecule has 2 amide bonds. The summed E-state index contributed by atoms with van der Waals surface area (Å²) in [6.07, 6.45) is 1.81. The van der Waals surface area contributed by atoms with Crippen LogP contribution < -0.4 is 15.1 Å². The fourth-order valence-electron chi connectivity index (χ4n) is 3.56. The van der Waals surface area contributed by atoms with E-state index >= 15 is 0 Å². The van der Waals surface area contributed by atoms with Crippen LogP contribution in [0.25, 0.3) is 0 Å². The maximum atomic E-state index is 12.5. The molecule has 0 spiro atoms. The van der Waals surface area contributed by atoms with Crippen molar-refractivity contribution in [3.8, 4) is 0 Å². The third kappa shape index (κ3) is 4.33. The maximum Gasteiger partial charge on any atom is 0.321 e. The van der Waals surface area contributed by atoms with Crippen molar-refractivity contribution in [1.82, 2.24) is 15.1 Å². The van der Waals surface area contributed by atoms with E-state index in [4.69, 9.17) is 4.74 Å². The summed E-state index contributed by atoms with van der Waals surface area (Å²) in [5.74, 6) is 0.864. The maximum absolute atomic E-state index is 12.5. The van der Waals surface area contributed by atoms with Crippen molar-refractivity contribution in [2.45, 2.75) is 6.92 Å². The highest BCUT2D eigenvalue weighted by molar-refractivity contribution is 5.89. The van der Waals surface area contributed by atoms with Crippen LogP contribution >= 0.6 is 0 Å². The SMILES string of the molecule is Cc1cccc(NC(=O)N2CCN(c3cc(N4CCOCC4)cnn3)CC2)c1. The summed E-state index contributed by atoms with van der Waals surface area (Å²) < 4.78 is 5.42. The molecule has 3 heterocycles. The van der Waals surface area contributed by atoms with Crippen LogP contribution in [-0.4, -0.2) is 73.6 Å². The van der Waals surface area contributed by atoms with Crippen molar-refractivity contribution in [3.63, 3.8) is 0 Å². The molecule has 0 aliphatic carbocycles. The van der Waals surface area contributed by atoms with Crippen molar-refractivity contribution in [2.24, 2.45) is 0 Å². The van der Waals surface area contributed by atoms with Gasteiger partial charge in [-0.15, -0.1) is 5.10 Å². The fourth-order valence-corrected chi connectivity index (χ4v) is 3.56. The van der Waals surface area contributed by atoms with Gasteiger partial charge in [0, 0.05) is 51.0 Å². The molecule has 8 nitrogen and oxygen atoms in total. The minimum atomic E-state index is -0.0570. The highest BCUT2D eigenvalue weighted by Gasteiger charge is 2.23. The smallest absolute Gasteiger partial charge is 0.321 e. The molecule has 0 radical (unpaired) electrons. The van der Waals surface area contributed by atoms with Crippen LogP contribution in [0.15, 0.2) is 36.5 Å². The molecule has 148 valence electrons. The summed E-state index contributed by atoms with van der Waals surface area (Å²) in [6, 6.07) is 9.87. The number of carbonyl (C=O) groups is 1. The first-order chi connectivity index (χ1) is 13.7. The van der Waals surface area contributed by atoms with Crippen LogP contribution in [0.3, 0.4) is 0 Å². The lowest BCUT2D eigenvalue weighted by atomic mass is 10.2. The Hall–Kier alpha value is -2.87. The largest absolute Gasteiger partial charge is 0.378 e. The molecule has 1 aromatic carbocycles. The number of hydrogen-bond acceptors (Lipinski definition) is 6. The van der Waals surface area contributed by atoms with Crippen LogP contribution in [-0.2, 0) is 4.74 Å². The number of anilines is 3. The number of urea groups is 1. The Morgan fingerprint density at radius 1 is 1.04 bits per heavy atom. The summed E-state index contributed by atoms with van der Waals surface area (Å²) in [5.41, 5.74) is 3.03. The number of nitrogens with zero attached hydrogens (tertiary/aromatic N) is 5. The number of nitrogens with one attached hydrogen (secondary N) is 1. The molecule has 2 saturated heterocycles. The van der Waals surface area contributed by atoms with E-state index in [1.54, 1.807) is 6.20 Å². The molecule has 28 heavy (non-hydrogen) atoms. The highest BCUT2D eigenvalue weighted by Crippen LogP contribution is 2.21. The number of morpholine rings is 1. The van der Waals surface area contributed by atoms with Crippen molar-refractivity contribution in [3.05, 3.63) is 42.1 Å². The molecule has 0 atom stereocenters. The van der Waals surface area contributed by atoms with Gasteiger partial charge in [-0.3, -0.25) is 0 Å². The number of aryl methyl sites for hydroxylation is 1. The quantitative estimate of drug-likeness (QED) is 0.875. The number of carbonyl (C=O) groups excluding carboxylic acids is 1. The molecule has 4 rings (SSSR count). The van der Waals surface area contributed by atoms with E-state index in [1.807, 2.05) is 36.1 Å². The number of hydrogen-bond donors (Lipinski definition) is 1. The second kappa shape index (κ2) is 8.43. The predicted octanol–water partition coefficient (Wildman–Crippen LogP) is 1.98. The Morgan fingerprint density at radius 3 is 2.57 bits per heavy atom. The van der Waals surface area contributed by atoms with E-state index in [0.29, 0.717) is 13.1 Å². The first-order valence-corrected chi connectivity index (χ1v) is 9.72. The van der Waals surface area contributed by atoms with Gasteiger partial charge in [0.15, 0.2) is 5.82 Å². The molecule has 2 fully saturated rings. The molecule has 8 heteroatoms. The monoisotopic (exact) mass is 382 g/mol. The Balaban J connectivity index is 1.34.